The Kier molecular flexibility index (Phi) is 4.13. The molecule has 0 bridgehead atoms. The summed E-state index contributed by atoms with van der Waals surface area (Å²) >= 11 is 6.51. The highest BCUT2D eigenvalue weighted by Gasteiger charge is 2.58. The predicted octanol–water partition coefficient (Wildman–Crippen LogP) is 5.49. The van der Waals surface area contributed by atoms with E-state index in [1.165, 1.54) is 12.8 Å². The van der Waals surface area contributed by atoms with Crippen molar-refractivity contribution < 1.29 is 4.79 Å². The summed E-state index contributed by atoms with van der Waals surface area (Å²) in [7, 11) is 0. The van der Waals surface area contributed by atoms with E-state index in [4.69, 9.17) is 11.6 Å². The molecule has 2 heterocycles. The van der Waals surface area contributed by atoms with Crippen LogP contribution in [0.5, 0.6) is 0 Å². The van der Waals surface area contributed by atoms with Crippen LogP contribution in [0.3, 0.4) is 0 Å². The maximum atomic E-state index is 12.6. The number of carbonyl (C=O) groups is 1. The largest absolute Gasteiger partial charge is 0.310 e. The summed E-state index contributed by atoms with van der Waals surface area (Å²) in [4.78, 5) is 21.3. The van der Waals surface area contributed by atoms with E-state index >= 15 is 0 Å². The third kappa shape index (κ3) is 2.96. The molecule has 3 aromatic rings. The molecule has 28 heavy (non-hydrogen) atoms. The maximum Gasteiger partial charge on any atom is 0.229 e. The fourth-order valence-corrected chi connectivity index (χ4v) is 5.19. The van der Waals surface area contributed by atoms with Gasteiger partial charge in [0.2, 0.25) is 5.91 Å². The summed E-state index contributed by atoms with van der Waals surface area (Å²) in [5, 5.41) is 5.51. The van der Waals surface area contributed by atoms with E-state index in [9.17, 15) is 4.79 Å². The van der Waals surface area contributed by atoms with E-state index in [0.717, 1.165) is 33.4 Å². The van der Waals surface area contributed by atoms with Crippen LogP contribution in [-0.4, -0.2) is 15.9 Å². The first-order valence-electron chi connectivity index (χ1n) is 9.82. The lowest BCUT2D eigenvalue weighted by molar-refractivity contribution is -0.118. The molecule has 2 aromatic heterocycles. The molecule has 0 spiro atoms. The Labute approximate surface area is 169 Å². The number of aryl methyl sites for hydroxylation is 1. The van der Waals surface area contributed by atoms with Gasteiger partial charge < -0.3 is 5.32 Å². The van der Waals surface area contributed by atoms with Crippen molar-refractivity contribution in [1.29, 1.82) is 0 Å². The normalized spacial score (nSPS) is 25.5. The molecule has 4 nitrogen and oxygen atoms in total. The minimum Gasteiger partial charge on any atom is -0.310 e. The molecule has 2 saturated carbocycles. The van der Waals surface area contributed by atoms with Crippen molar-refractivity contribution in [1.82, 2.24) is 9.97 Å². The Morgan fingerprint density at radius 3 is 2.71 bits per heavy atom. The first kappa shape index (κ1) is 17.6. The highest BCUT2D eigenvalue weighted by molar-refractivity contribution is 6.36. The Morgan fingerprint density at radius 2 is 1.96 bits per heavy atom. The average molecular weight is 392 g/mol. The second-order valence-electron chi connectivity index (χ2n) is 8.36. The average Bonchev–Trinajstić information content (AvgIpc) is 3.18. The SMILES string of the molecule is Cc1ccncc1-c1cc(Cl)c2cnc(NC(=O)C3[C@H]4CC(C)C[C@@H]34)cc2c1. The minimum atomic E-state index is 0.110. The number of amides is 1. The van der Waals surface area contributed by atoms with Crippen LogP contribution in [0.2, 0.25) is 5.02 Å². The third-order valence-corrected chi connectivity index (χ3v) is 6.68. The molecule has 5 heteroatoms. The van der Waals surface area contributed by atoms with Crippen LogP contribution < -0.4 is 5.32 Å². The van der Waals surface area contributed by atoms with Gasteiger partial charge in [0, 0.05) is 35.5 Å². The molecule has 1 aromatic carbocycles. The molecule has 1 amide bonds. The minimum absolute atomic E-state index is 0.110. The summed E-state index contributed by atoms with van der Waals surface area (Å²) in [6, 6.07) is 7.92. The number of nitrogens with zero attached hydrogens (tertiary/aromatic N) is 2. The van der Waals surface area contributed by atoms with Crippen molar-refractivity contribution in [2.75, 3.05) is 5.32 Å². The number of aromatic nitrogens is 2. The second kappa shape index (κ2) is 6.56. The third-order valence-electron chi connectivity index (χ3n) is 6.37. The van der Waals surface area contributed by atoms with Crippen LogP contribution >= 0.6 is 11.6 Å². The van der Waals surface area contributed by atoms with Crippen LogP contribution in [0.15, 0.2) is 42.9 Å². The van der Waals surface area contributed by atoms with Crippen LogP contribution in [-0.2, 0) is 4.79 Å². The second-order valence-corrected chi connectivity index (χ2v) is 8.77. The van der Waals surface area contributed by atoms with Crippen molar-refractivity contribution in [2.45, 2.75) is 26.7 Å². The van der Waals surface area contributed by atoms with Crippen molar-refractivity contribution in [2.24, 2.45) is 23.7 Å². The molecule has 2 aliphatic rings. The molecule has 2 unspecified atom stereocenters. The highest BCUT2D eigenvalue weighted by Crippen LogP contribution is 2.59. The number of pyridine rings is 2. The molecular weight excluding hydrogens is 370 g/mol. The number of hydrogen-bond acceptors (Lipinski definition) is 3. The highest BCUT2D eigenvalue weighted by atomic mass is 35.5. The van der Waals surface area contributed by atoms with E-state index in [2.05, 4.69) is 35.2 Å². The summed E-state index contributed by atoms with van der Waals surface area (Å²) in [6.45, 7) is 4.33. The zero-order valence-electron chi connectivity index (χ0n) is 15.9. The Morgan fingerprint density at radius 1 is 1.18 bits per heavy atom. The van der Waals surface area contributed by atoms with Gasteiger partial charge in [0.05, 0.1) is 5.02 Å². The number of rotatable bonds is 3. The molecule has 4 atom stereocenters. The molecule has 0 radical (unpaired) electrons. The van der Waals surface area contributed by atoms with E-state index in [-0.39, 0.29) is 11.8 Å². The van der Waals surface area contributed by atoms with Gasteiger partial charge in [-0.1, -0.05) is 18.5 Å². The maximum absolute atomic E-state index is 12.6. The zero-order chi connectivity index (χ0) is 19.4. The Hall–Kier alpha value is -2.46. The van der Waals surface area contributed by atoms with Crippen LogP contribution in [0.1, 0.15) is 25.3 Å². The Bertz CT molecular complexity index is 1080. The van der Waals surface area contributed by atoms with Gasteiger partial charge in [-0.2, -0.15) is 0 Å². The van der Waals surface area contributed by atoms with Crippen molar-refractivity contribution >= 4 is 34.1 Å². The predicted molar refractivity (Wildman–Crippen MR) is 112 cm³/mol. The van der Waals surface area contributed by atoms with E-state index < -0.39 is 0 Å². The fourth-order valence-electron chi connectivity index (χ4n) is 4.92. The summed E-state index contributed by atoms with van der Waals surface area (Å²) in [5.74, 6) is 2.77. The molecule has 2 aliphatic carbocycles. The molecular formula is C23H22ClN3O. The van der Waals surface area contributed by atoms with E-state index in [1.54, 1.807) is 12.4 Å². The van der Waals surface area contributed by atoms with Gasteiger partial charge in [0.25, 0.3) is 0 Å². The first-order chi connectivity index (χ1) is 13.5. The summed E-state index contributed by atoms with van der Waals surface area (Å²) in [5.41, 5.74) is 3.20. The number of hydrogen-bond donors (Lipinski definition) is 1. The van der Waals surface area contributed by atoms with Crippen LogP contribution in [0.4, 0.5) is 5.82 Å². The van der Waals surface area contributed by atoms with E-state index in [1.807, 2.05) is 24.4 Å². The number of halogens is 1. The molecule has 2 fully saturated rings. The topological polar surface area (TPSA) is 54.9 Å². The lowest BCUT2D eigenvalue weighted by Gasteiger charge is -2.11. The number of carbonyl (C=O) groups excluding carboxylic acids is 1. The lowest BCUT2D eigenvalue weighted by Crippen LogP contribution is -2.18. The van der Waals surface area contributed by atoms with Gasteiger partial charge in [0.15, 0.2) is 0 Å². The summed E-state index contributed by atoms with van der Waals surface area (Å²) < 4.78 is 0. The lowest BCUT2D eigenvalue weighted by atomic mass is 10.00. The number of fused-ring (bicyclic) bond motifs is 2. The van der Waals surface area contributed by atoms with Gasteiger partial charge >= 0.3 is 0 Å². The van der Waals surface area contributed by atoms with Crippen LogP contribution in [0.25, 0.3) is 21.9 Å². The smallest absolute Gasteiger partial charge is 0.229 e. The van der Waals surface area contributed by atoms with Gasteiger partial charge in [-0.3, -0.25) is 9.78 Å². The van der Waals surface area contributed by atoms with Crippen molar-refractivity contribution in [3.05, 3.63) is 53.4 Å². The van der Waals surface area contributed by atoms with Gasteiger partial charge in [-0.15, -0.1) is 0 Å². The molecule has 0 saturated heterocycles. The molecule has 1 N–H and O–H groups in total. The number of benzene rings is 1. The fraction of sp³-hybridized carbons (Fsp3) is 0.348. The standard InChI is InChI=1S/C23H22ClN3O/c1-12-5-16-17(6-12)22(16)23(28)27-21-9-15-7-14(8-20(24)19(15)11-26-21)18-10-25-4-3-13(18)2/h3-4,7-12,16-17,22H,5-6H2,1-2H3,(H,26,27,28)/t12?,16-,17+,22?. The molecule has 142 valence electrons. The molecule has 0 aliphatic heterocycles. The van der Waals surface area contributed by atoms with Crippen molar-refractivity contribution in [3.8, 4) is 11.1 Å². The van der Waals surface area contributed by atoms with Gasteiger partial charge in [-0.05, 0) is 78.3 Å². The van der Waals surface area contributed by atoms with Crippen LogP contribution in [0, 0.1) is 30.6 Å². The van der Waals surface area contributed by atoms with Gasteiger partial charge in [0.1, 0.15) is 5.82 Å². The Balaban J connectivity index is 1.44. The number of nitrogens with one attached hydrogen (secondary N) is 1. The quantitative estimate of drug-likeness (QED) is 0.642. The first-order valence-corrected chi connectivity index (χ1v) is 10.2. The summed E-state index contributed by atoms with van der Waals surface area (Å²) in [6.07, 6.45) is 7.73. The monoisotopic (exact) mass is 391 g/mol. The van der Waals surface area contributed by atoms with E-state index in [0.29, 0.717) is 22.7 Å². The van der Waals surface area contributed by atoms with Crippen molar-refractivity contribution in [3.63, 3.8) is 0 Å². The van der Waals surface area contributed by atoms with Gasteiger partial charge in [-0.25, -0.2) is 4.98 Å². The zero-order valence-corrected chi connectivity index (χ0v) is 16.7. The number of anilines is 1. The molecule has 5 rings (SSSR count).